The minimum Gasteiger partial charge on any atom is -0.373 e. The lowest BCUT2D eigenvalue weighted by Gasteiger charge is -2.28. The number of allylic oxidation sites excluding steroid dienone is 1. The van der Waals surface area contributed by atoms with Crippen LogP contribution in [0.2, 0.25) is 0 Å². The maximum Gasteiger partial charge on any atom is 0.166 e. The first-order valence-corrected chi connectivity index (χ1v) is 12.6. The van der Waals surface area contributed by atoms with E-state index >= 15 is 4.39 Å². The summed E-state index contributed by atoms with van der Waals surface area (Å²) in [6.45, 7) is 4.74. The van der Waals surface area contributed by atoms with Crippen LogP contribution >= 0.6 is 0 Å². The van der Waals surface area contributed by atoms with Crippen molar-refractivity contribution in [1.29, 1.82) is 0 Å². The number of ether oxygens (including phenoxy) is 1. The highest BCUT2D eigenvalue weighted by molar-refractivity contribution is 5.71. The summed E-state index contributed by atoms with van der Waals surface area (Å²) in [5.74, 6) is -1.49. The smallest absolute Gasteiger partial charge is 0.166 e. The Hall–Kier alpha value is -2.85. The Labute approximate surface area is 206 Å². The van der Waals surface area contributed by atoms with Crippen molar-refractivity contribution in [3.63, 3.8) is 0 Å². The molecule has 0 N–H and O–H groups in total. The predicted octanol–water partition coefficient (Wildman–Crippen LogP) is 9.21. The fraction of sp³-hybridized carbons (Fsp3) is 0.355. The topological polar surface area (TPSA) is 9.23 Å². The summed E-state index contributed by atoms with van der Waals surface area (Å²) in [6.07, 6.45) is 9.40. The zero-order chi connectivity index (χ0) is 24.8. The Bertz CT molecular complexity index is 1160. The number of hydrogen-bond acceptors (Lipinski definition) is 1. The molecule has 1 fully saturated rings. The highest BCUT2D eigenvalue weighted by Crippen LogP contribution is 2.34. The molecule has 184 valence electrons. The molecule has 2 unspecified atom stereocenters. The van der Waals surface area contributed by atoms with Crippen LogP contribution in [-0.2, 0) is 11.2 Å². The summed E-state index contributed by atoms with van der Waals surface area (Å²) < 4.78 is 50.4. The van der Waals surface area contributed by atoms with Crippen molar-refractivity contribution in [2.24, 2.45) is 5.92 Å². The van der Waals surface area contributed by atoms with Gasteiger partial charge in [0.1, 0.15) is 5.82 Å². The van der Waals surface area contributed by atoms with Crippen LogP contribution in [0.5, 0.6) is 0 Å². The molecular formula is C31H33F3O. The van der Waals surface area contributed by atoms with E-state index in [1.54, 1.807) is 48.5 Å². The van der Waals surface area contributed by atoms with E-state index in [1.165, 1.54) is 0 Å². The largest absolute Gasteiger partial charge is 0.373 e. The maximum atomic E-state index is 15.0. The number of rotatable bonds is 8. The maximum absolute atomic E-state index is 15.0. The van der Waals surface area contributed by atoms with Crippen LogP contribution in [0, 0.1) is 23.4 Å². The van der Waals surface area contributed by atoms with Crippen LogP contribution < -0.4 is 0 Å². The van der Waals surface area contributed by atoms with Gasteiger partial charge in [0.05, 0.1) is 12.7 Å². The van der Waals surface area contributed by atoms with E-state index in [4.69, 9.17) is 4.74 Å². The van der Waals surface area contributed by atoms with Gasteiger partial charge in [0.2, 0.25) is 0 Å². The highest BCUT2D eigenvalue weighted by atomic mass is 19.2. The number of unbranched alkanes of at least 4 members (excludes halogenated alkanes) is 2. The van der Waals surface area contributed by atoms with Crippen LogP contribution in [0.1, 0.15) is 63.2 Å². The SMILES string of the molecule is CC=CC1CCC(c2ccc(-c3ccc(-c4ccc(CCCCC)c(F)c4F)cc3)c(F)c2)OC1. The summed E-state index contributed by atoms with van der Waals surface area (Å²) in [6, 6.07) is 15.5. The molecule has 0 radical (unpaired) electrons. The van der Waals surface area contributed by atoms with Crippen molar-refractivity contribution in [2.75, 3.05) is 6.61 Å². The number of benzene rings is 3. The summed E-state index contributed by atoms with van der Waals surface area (Å²) in [4.78, 5) is 0. The molecule has 1 heterocycles. The summed E-state index contributed by atoms with van der Waals surface area (Å²) in [5.41, 5.74) is 3.20. The van der Waals surface area contributed by atoms with Crippen molar-refractivity contribution >= 4 is 0 Å². The molecule has 3 aromatic carbocycles. The zero-order valence-electron chi connectivity index (χ0n) is 20.5. The van der Waals surface area contributed by atoms with Gasteiger partial charge in [-0.25, -0.2) is 13.2 Å². The molecule has 1 aliphatic heterocycles. The normalized spacial score (nSPS) is 18.3. The first-order chi connectivity index (χ1) is 17.0. The molecule has 1 saturated heterocycles. The molecule has 0 bridgehead atoms. The molecule has 0 aromatic heterocycles. The molecule has 0 spiro atoms. The lowest BCUT2D eigenvalue weighted by molar-refractivity contribution is -0.00538. The molecule has 0 saturated carbocycles. The quantitative estimate of drug-likeness (QED) is 0.232. The van der Waals surface area contributed by atoms with E-state index < -0.39 is 11.6 Å². The molecule has 3 aromatic rings. The third-order valence-electron chi connectivity index (χ3n) is 6.86. The van der Waals surface area contributed by atoms with Gasteiger partial charge in [-0.15, -0.1) is 0 Å². The Morgan fingerprint density at radius 3 is 2.20 bits per heavy atom. The molecule has 1 aliphatic rings. The zero-order valence-corrected chi connectivity index (χ0v) is 20.5. The van der Waals surface area contributed by atoms with Crippen molar-refractivity contribution in [2.45, 2.75) is 58.5 Å². The van der Waals surface area contributed by atoms with Gasteiger partial charge in [-0.05, 0) is 60.9 Å². The van der Waals surface area contributed by atoms with Gasteiger partial charge in [-0.3, -0.25) is 0 Å². The second kappa shape index (κ2) is 11.7. The van der Waals surface area contributed by atoms with E-state index in [9.17, 15) is 8.78 Å². The Morgan fingerprint density at radius 2 is 1.57 bits per heavy atom. The molecular weight excluding hydrogens is 445 g/mol. The van der Waals surface area contributed by atoms with E-state index in [2.05, 4.69) is 13.0 Å². The van der Waals surface area contributed by atoms with E-state index in [0.717, 1.165) is 37.7 Å². The van der Waals surface area contributed by atoms with Gasteiger partial charge in [-0.1, -0.05) is 80.4 Å². The van der Waals surface area contributed by atoms with E-state index in [0.29, 0.717) is 41.2 Å². The minimum absolute atomic E-state index is 0.0924. The molecule has 4 rings (SSSR count). The Balaban J connectivity index is 1.49. The number of aryl methyl sites for hydroxylation is 1. The average molecular weight is 479 g/mol. The van der Waals surface area contributed by atoms with E-state index in [1.807, 2.05) is 19.1 Å². The first-order valence-electron chi connectivity index (χ1n) is 12.6. The summed E-state index contributed by atoms with van der Waals surface area (Å²) in [7, 11) is 0. The van der Waals surface area contributed by atoms with Gasteiger partial charge in [0.15, 0.2) is 11.6 Å². The van der Waals surface area contributed by atoms with E-state index in [-0.39, 0.29) is 17.5 Å². The van der Waals surface area contributed by atoms with Crippen LogP contribution in [0.3, 0.4) is 0 Å². The molecule has 2 atom stereocenters. The van der Waals surface area contributed by atoms with Gasteiger partial charge in [0, 0.05) is 17.0 Å². The fourth-order valence-electron chi connectivity index (χ4n) is 4.82. The first kappa shape index (κ1) is 25.2. The predicted molar refractivity (Wildman–Crippen MR) is 137 cm³/mol. The van der Waals surface area contributed by atoms with Crippen LogP contribution in [0.25, 0.3) is 22.3 Å². The van der Waals surface area contributed by atoms with Gasteiger partial charge in [-0.2, -0.15) is 0 Å². The van der Waals surface area contributed by atoms with Crippen molar-refractivity contribution in [3.8, 4) is 22.3 Å². The Morgan fingerprint density at radius 1 is 0.857 bits per heavy atom. The third kappa shape index (κ3) is 5.87. The summed E-state index contributed by atoms with van der Waals surface area (Å²) in [5, 5.41) is 0. The monoisotopic (exact) mass is 478 g/mol. The highest BCUT2D eigenvalue weighted by Gasteiger charge is 2.22. The lowest BCUT2D eigenvalue weighted by atomic mass is 9.93. The molecule has 1 nitrogen and oxygen atoms in total. The fourth-order valence-corrected chi connectivity index (χ4v) is 4.82. The molecule has 0 aliphatic carbocycles. The third-order valence-corrected chi connectivity index (χ3v) is 6.86. The van der Waals surface area contributed by atoms with Crippen LogP contribution in [-0.4, -0.2) is 6.61 Å². The number of hydrogen-bond donors (Lipinski definition) is 0. The van der Waals surface area contributed by atoms with Crippen LogP contribution in [0.4, 0.5) is 13.2 Å². The molecule has 0 amide bonds. The second-order valence-corrected chi connectivity index (χ2v) is 9.36. The van der Waals surface area contributed by atoms with Crippen molar-refractivity contribution in [1.82, 2.24) is 0 Å². The van der Waals surface area contributed by atoms with Crippen molar-refractivity contribution in [3.05, 3.63) is 95.3 Å². The van der Waals surface area contributed by atoms with Gasteiger partial charge < -0.3 is 4.74 Å². The average Bonchev–Trinajstić information content (AvgIpc) is 2.88. The minimum atomic E-state index is -0.827. The van der Waals surface area contributed by atoms with Gasteiger partial charge >= 0.3 is 0 Å². The van der Waals surface area contributed by atoms with Crippen LogP contribution in [0.15, 0.2) is 66.7 Å². The standard InChI is InChI=1S/C31H33F3O/c1-3-5-6-8-24-14-17-27(31(34)30(24)33)23-12-10-22(11-13-23)26-16-15-25(19-28(26)32)29-18-9-21(7-4-2)20-35-29/h4,7,10-17,19,21,29H,3,5-6,8-9,18,20H2,1-2H3. The summed E-state index contributed by atoms with van der Waals surface area (Å²) >= 11 is 0. The lowest BCUT2D eigenvalue weighted by Crippen LogP contribution is -2.19. The molecule has 35 heavy (non-hydrogen) atoms. The van der Waals surface area contributed by atoms with Gasteiger partial charge in [0.25, 0.3) is 0 Å². The second-order valence-electron chi connectivity index (χ2n) is 9.36. The van der Waals surface area contributed by atoms with Crippen molar-refractivity contribution < 1.29 is 17.9 Å². The molecule has 4 heteroatoms. The Kier molecular flexibility index (Phi) is 8.46. The number of halogens is 3.